The Morgan fingerprint density at radius 1 is 1.33 bits per heavy atom. The van der Waals surface area contributed by atoms with Gasteiger partial charge in [-0.05, 0) is 18.2 Å². The standard InChI is InChI=1S/C13H19N5/c1-17(10-18-6-4-14-5-7-18)11-2-3-12-13(8-11)16-9-15-12/h2-3,8-9,14H,4-7,10H2,1H3,(H,15,16). The predicted octanol–water partition coefficient (Wildman–Crippen LogP) is 0.862. The van der Waals surface area contributed by atoms with Gasteiger partial charge in [-0.3, -0.25) is 4.90 Å². The number of piperazine rings is 1. The van der Waals surface area contributed by atoms with Crippen molar-refractivity contribution in [2.75, 3.05) is 44.8 Å². The van der Waals surface area contributed by atoms with E-state index < -0.39 is 0 Å². The highest BCUT2D eigenvalue weighted by atomic mass is 15.3. The number of H-pyrrole nitrogens is 1. The lowest BCUT2D eigenvalue weighted by Crippen LogP contribution is -2.47. The van der Waals surface area contributed by atoms with Crippen LogP contribution in [0.25, 0.3) is 11.0 Å². The maximum atomic E-state index is 4.24. The third kappa shape index (κ3) is 2.32. The van der Waals surface area contributed by atoms with Crippen molar-refractivity contribution < 1.29 is 0 Å². The Hall–Kier alpha value is -1.59. The average Bonchev–Trinajstić information content (AvgIpc) is 2.87. The van der Waals surface area contributed by atoms with Gasteiger partial charge in [-0.2, -0.15) is 0 Å². The Morgan fingerprint density at radius 2 is 2.17 bits per heavy atom. The van der Waals surface area contributed by atoms with Crippen LogP contribution in [-0.2, 0) is 0 Å². The summed E-state index contributed by atoms with van der Waals surface area (Å²) in [5.74, 6) is 0. The van der Waals surface area contributed by atoms with Gasteiger partial charge in [-0.15, -0.1) is 0 Å². The van der Waals surface area contributed by atoms with Crippen molar-refractivity contribution in [3.63, 3.8) is 0 Å². The fourth-order valence-corrected chi connectivity index (χ4v) is 2.40. The van der Waals surface area contributed by atoms with Gasteiger partial charge in [0.2, 0.25) is 0 Å². The summed E-state index contributed by atoms with van der Waals surface area (Å²) >= 11 is 0. The normalized spacial score (nSPS) is 17.2. The summed E-state index contributed by atoms with van der Waals surface area (Å²) in [7, 11) is 2.14. The van der Waals surface area contributed by atoms with Crippen LogP contribution in [0.3, 0.4) is 0 Å². The molecule has 0 radical (unpaired) electrons. The summed E-state index contributed by atoms with van der Waals surface area (Å²) in [6.45, 7) is 5.40. The SMILES string of the molecule is CN(CN1CCNCC1)c1ccc2nc[nH]c2c1. The first-order valence-electron chi connectivity index (χ1n) is 6.40. The highest BCUT2D eigenvalue weighted by Gasteiger charge is 2.12. The molecule has 0 amide bonds. The van der Waals surface area contributed by atoms with Crippen molar-refractivity contribution in [3.8, 4) is 0 Å². The number of aromatic nitrogens is 2. The molecule has 1 aromatic carbocycles. The van der Waals surface area contributed by atoms with Crippen LogP contribution in [0.15, 0.2) is 24.5 Å². The molecule has 5 nitrogen and oxygen atoms in total. The molecule has 3 rings (SSSR count). The highest BCUT2D eigenvalue weighted by molar-refractivity contribution is 5.78. The third-order valence-corrected chi connectivity index (χ3v) is 3.47. The van der Waals surface area contributed by atoms with Gasteiger partial charge in [-0.25, -0.2) is 4.98 Å². The molecule has 5 heteroatoms. The van der Waals surface area contributed by atoms with Crippen molar-refractivity contribution >= 4 is 16.7 Å². The second-order valence-electron chi connectivity index (χ2n) is 4.81. The van der Waals surface area contributed by atoms with Crippen molar-refractivity contribution in [2.45, 2.75) is 0 Å². The van der Waals surface area contributed by atoms with Gasteiger partial charge in [0, 0.05) is 38.9 Å². The first kappa shape index (κ1) is 11.5. The van der Waals surface area contributed by atoms with E-state index in [0.29, 0.717) is 0 Å². The summed E-state index contributed by atoms with van der Waals surface area (Å²) in [6.07, 6.45) is 1.74. The van der Waals surface area contributed by atoms with E-state index in [-0.39, 0.29) is 0 Å². The zero-order valence-electron chi connectivity index (χ0n) is 10.7. The Labute approximate surface area is 107 Å². The lowest BCUT2D eigenvalue weighted by molar-refractivity contribution is 0.243. The van der Waals surface area contributed by atoms with Gasteiger partial charge in [0.05, 0.1) is 24.0 Å². The summed E-state index contributed by atoms with van der Waals surface area (Å²) in [5.41, 5.74) is 3.35. The van der Waals surface area contributed by atoms with Crippen molar-refractivity contribution in [3.05, 3.63) is 24.5 Å². The van der Waals surface area contributed by atoms with Crippen LogP contribution in [0.2, 0.25) is 0 Å². The smallest absolute Gasteiger partial charge is 0.0931 e. The molecule has 18 heavy (non-hydrogen) atoms. The monoisotopic (exact) mass is 245 g/mol. The topological polar surface area (TPSA) is 47.2 Å². The molecule has 0 spiro atoms. The van der Waals surface area contributed by atoms with E-state index in [4.69, 9.17) is 0 Å². The molecule has 2 N–H and O–H groups in total. The maximum absolute atomic E-state index is 4.24. The Balaban J connectivity index is 1.72. The number of anilines is 1. The van der Waals surface area contributed by atoms with E-state index >= 15 is 0 Å². The van der Waals surface area contributed by atoms with Crippen molar-refractivity contribution in [1.82, 2.24) is 20.2 Å². The lowest BCUT2D eigenvalue weighted by Gasteiger charge is -2.32. The number of hydrogen-bond donors (Lipinski definition) is 2. The van der Waals surface area contributed by atoms with Crippen LogP contribution in [0.5, 0.6) is 0 Å². The fraction of sp³-hybridized carbons (Fsp3) is 0.462. The minimum atomic E-state index is 0.974. The van der Waals surface area contributed by atoms with Gasteiger partial charge in [-0.1, -0.05) is 0 Å². The second kappa shape index (κ2) is 4.96. The van der Waals surface area contributed by atoms with E-state index in [2.05, 4.69) is 50.3 Å². The zero-order chi connectivity index (χ0) is 12.4. The molecule has 0 aliphatic carbocycles. The summed E-state index contributed by atoms with van der Waals surface area (Å²) in [6, 6.07) is 6.35. The Morgan fingerprint density at radius 3 is 3.00 bits per heavy atom. The Bertz CT molecular complexity index is 515. The molecule has 1 aliphatic rings. The van der Waals surface area contributed by atoms with Gasteiger partial charge in [0.1, 0.15) is 0 Å². The molecule has 1 saturated heterocycles. The van der Waals surface area contributed by atoms with Gasteiger partial charge in [0.15, 0.2) is 0 Å². The number of imidazole rings is 1. The van der Waals surface area contributed by atoms with Crippen LogP contribution in [-0.4, -0.2) is 54.8 Å². The van der Waals surface area contributed by atoms with Crippen LogP contribution < -0.4 is 10.2 Å². The predicted molar refractivity (Wildman–Crippen MR) is 73.8 cm³/mol. The first-order valence-corrected chi connectivity index (χ1v) is 6.40. The molecular formula is C13H19N5. The Kier molecular flexibility index (Phi) is 3.17. The third-order valence-electron chi connectivity index (χ3n) is 3.47. The molecule has 1 aromatic heterocycles. The van der Waals surface area contributed by atoms with E-state index in [1.165, 1.54) is 5.69 Å². The van der Waals surface area contributed by atoms with Crippen LogP contribution in [0, 0.1) is 0 Å². The first-order chi connectivity index (χ1) is 8.83. The quantitative estimate of drug-likeness (QED) is 0.842. The van der Waals surface area contributed by atoms with Crippen molar-refractivity contribution in [1.29, 1.82) is 0 Å². The number of fused-ring (bicyclic) bond motifs is 1. The summed E-state index contributed by atoms with van der Waals surface area (Å²) in [5, 5.41) is 3.37. The second-order valence-corrected chi connectivity index (χ2v) is 4.81. The lowest BCUT2D eigenvalue weighted by atomic mass is 10.2. The molecule has 0 unspecified atom stereocenters. The van der Waals surface area contributed by atoms with Crippen LogP contribution in [0.1, 0.15) is 0 Å². The van der Waals surface area contributed by atoms with Gasteiger partial charge < -0.3 is 15.2 Å². The molecular weight excluding hydrogens is 226 g/mol. The number of benzene rings is 1. The molecule has 1 fully saturated rings. The number of nitrogens with one attached hydrogen (secondary N) is 2. The van der Waals surface area contributed by atoms with Crippen LogP contribution >= 0.6 is 0 Å². The van der Waals surface area contributed by atoms with E-state index in [1.54, 1.807) is 6.33 Å². The minimum absolute atomic E-state index is 0.974. The summed E-state index contributed by atoms with van der Waals surface area (Å²) in [4.78, 5) is 12.1. The van der Waals surface area contributed by atoms with Crippen LogP contribution in [0.4, 0.5) is 5.69 Å². The largest absolute Gasteiger partial charge is 0.362 e. The average molecular weight is 245 g/mol. The van der Waals surface area contributed by atoms with Gasteiger partial charge in [0.25, 0.3) is 0 Å². The molecule has 2 heterocycles. The molecule has 0 bridgehead atoms. The van der Waals surface area contributed by atoms with E-state index in [9.17, 15) is 0 Å². The zero-order valence-corrected chi connectivity index (χ0v) is 10.7. The molecule has 2 aromatic rings. The molecule has 0 atom stereocenters. The number of hydrogen-bond acceptors (Lipinski definition) is 4. The number of nitrogens with zero attached hydrogens (tertiary/aromatic N) is 3. The van der Waals surface area contributed by atoms with E-state index in [0.717, 1.165) is 43.9 Å². The van der Waals surface area contributed by atoms with E-state index in [1.807, 2.05) is 0 Å². The van der Waals surface area contributed by atoms with Gasteiger partial charge >= 0.3 is 0 Å². The highest BCUT2D eigenvalue weighted by Crippen LogP contribution is 2.18. The maximum Gasteiger partial charge on any atom is 0.0931 e. The number of rotatable bonds is 3. The fourth-order valence-electron chi connectivity index (χ4n) is 2.40. The van der Waals surface area contributed by atoms with Crippen molar-refractivity contribution in [2.24, 2.45) is 0 Å². The summed E-state index contributed by atoms with van der Waals surface area (Å²) < 4.78 is 0. The molecule has 1 aliphatic heterocycles. The minimum Gasteiger partial charge on any atom is -0.362 e. The molecule has 0 saturated carbocycles. The number of aromatic amines is 1. The molecule has 96 valence electrons.